The Morgan fingerprint density at radius 3 is 2.68 bits per heavy atom. The number of aromatic nitrogens is 2. The zero-order valence-corrected chi connectivity index (χ0v) is 13.2. The lowest BCUT2D eigenvalue weighted by molar-refractivity contribution is 0.102. The number of nitrogens with one attached hydrogen (secondary N) is 1. The molecule has 0 bridgehead atoms. The number of rotatable bonds is 4. The van der Waals surface area contributed by atoms with Crippen molar-refractivity contribution in [3.8, 4) is 0 Å². The maximum Gasteiger partial charge on any atom is 0.322 e. The van der Waals surface area contributed by atoms with E-state index in [9.17, 15) is 4.79 Å². The highest BCUT2D eigenvalue weighted by Gasteiger charge is 2.13. The van der Waals surface area contributed by atoms with E-state index in [0.717, 1.165) is 5.56 Å². The third-order valence-electron chi connectivity index (χ3n) is 2.96. The maximum absolute atomic E-state index is 11.9. The van der Waals surface area contributed by atoms with Gasteiger partial charge in [0.25, 0.3) is 5.91 Å². The van der Waals surface area contributed by atoms with Gasteiger partial charge in [-0.05, 0) is 24.6 Å². The minimum atomic E-state index is -0.317. The molecule has 0 aliphatic heterocycles. The number of carbonyl (C=O) groups excluding carboxylic acids is 1. The number of nitrogens with zero attached hydrogens (tertiary/aromatic N) is 2. The molecule has 0 unspecified atom stereocenters. The number of carbonyl (C=O) groups is 1. The van der Waals surface area contributed by atoms with Crippen LogP contribution in [0, 0.1) is 6.92 Å². The third kappa shape index (κ3) is 3.52. The average molecular weight is 334 g/mol. The standard InChI is InChI=1S/C15H12ClN3O2S/c1-9-2-4-10(5-3-9)8-13-18-19-15(21-13)17-14(20)11-6-7-12(16)22-11/h2-7H,8H2,1H3,(H,17,19,20). The molecule has 112 valence electrons. The largest absolute Gasteiger partial charge is 0.407 e. The molecule has 5 nitrogen and oxygen atoms in total. The molecule has 1 N–H and O–H groups in total. The fraction of sp³-hybridized carbons (Fsp3) is 0.133. The van der Waals surface area contributed by atoms with Crippen LogP contribution >= 0.6 is 22.9 Å². The second-order valence-electron chi connectivity index (χ2n) is 4.72. The Kier molecular flexibility index (Phi) is 4.22. The van der Waals surface area contributed by atoms with Crippen LogP contribution in [0.25, 0.3) is 0 Å². The van der Waals surface area contributed by atoms with E-state index >= 15 is 0 Å². The molecule has 3 rings (SSSR count). The lowest BCUT2D eigenvalue weighted by Crippen LogP contribution is -2.10. The van der Waals surface area contributed by atoms with Crippen LogP contribution in [0.4, 0.5) is 6.01 Å². The van der Waals surface area contributed by atoms with E-state index in [4.69, 9.17) is 16.0 Å². The minimum absolute atomic E-state index is 0.0802. The molecule has 0 fully saturated rings. The van der Waals surface area contributed by atoms with Gasteiger partial charge in [0, 0.05) is 0 Å². The van der Waals surface area contributed by atoms with Crippen LogP contribution in [-0.2, 0) is 6.42 Å². The summed E-state index contributed by atoms with van der Waals surface area (Å²) in [6.07, 6.45) is 0.522. The second kappa shape index (κ2) is 6.29. The maximum atomic E-state index is 11.9. The lowest BCUT2D eigenvalue weighted by atomic mass is 10.1. The SMILES string of the molecule is Cc1ccc(Cc2nnc(NC(=O)c3ccc(Cl)s3)o2)cc1. The first-order valence-corrected chi connectivity index (χ1v) is 7.74. The molecule has 7 heteroatoms. The first kappa shape index (κ1) is 14.7. The summed E-state index contributed by atoms with van der Waals surface area (Å²) in [5, 5.41) is 10.3. The van der Waals surface area contributed by atoms with Crippen molar-refractivity contribution in [3.63, 3.8) is 0 Å². The summed E-state index contributed by atoms with van der Waals surface area (Å²) in [7, 11) is 0. The zero-order valence-electron chi connectivity index (χ0n) is 11.7. The molecular weight excluding hydrogens is 322 g/mol. The van der Waals surface area contributed by atoms with Crippen molar-refractivity contribution < 1.29 is 9.21 Å². The van der Waals surface area contributed by atoms with Gasteiger partial charge >= 0.3 is 6.01 Å². The summed E-state index contributed by atoms with van der Waals surface area (Å²) in [4.78, 5) is 12.4. The molecule has 0 saturated heterocycles. The first-order valence-electron chi connectivity index (χ1n) is 6.55. The molecule has 0 atom stereocenters. The van der Waals surface area contributed by atoms with Crippen molar-refractivity contribution in [2.24, 2.45) is 0 Å². The van der Waals surface area contributed by atoms with Gasteiger partial charge in [0.1, 0.15) is 0 Å². The number of benzene rings is 1. The molecular formula is C15H12ClN3O2S. The Bertz CT molecular complexity index is 795. The highest BCUT2D eigenvalue weighted by atomic mass is 35.5. The number of aryl methyl sites for hydroxylation is 1. The van der Waals surface area contributed by atoms with E-state index < -0.39 is 0 Å². The molecule has 2 heterocycles. The molecule has 22 heavy (non-hydrogen) atoms. The van der Waals surface area contributed by atoms with Crippen molar-refractivity contribution in [2.75, 3.05) is 5.32 Å². The van der Waals surface area contributed by atoms with E-state index in [1.54, 1.807) is 12.1 Å². The van der Waals surface area contributed by atoms with Gasteiger partial charge in [-0.2, -0.15) is 0 Å². The van der Waals surface area contributed by atoms with Gasteiger partial charge in [-0.3, -0.25) is 10.1 Å². The van der Waals surface area contributed by atoms with E-state index in [0.29, 0.717) is 21.5 Å². The number of hydrogen-bond donors (Lipinski definition) is 1. The Morgan fingerprint density at radius 2 is 2.00 bits per heavy atom. The van der Waals surface area contributed by atoms with Crippen molar-refractivity contribution in [3.05, 3.63) is 62.6 Å². The summed E-state index contributed by atoms with van der Waals surface area (Å²) in [6.45, 7) is 2.03. The molecule has 0 spiro atoms. The molecule has 0 radical (unpaired) electrons. The monoisotopic (exact) mass is 333 g/mol. The van der Waals surface area contributed by atoms with Crippen molar-refractivity contribution in [1.82, 2.24) is 10.2 Å². The van der Waals surface area contributed by atoms with Crippen LogP contribution in [0.1, 0.15) is 26.7 Å². The number of thiophene rings is 1. The van der Waals surface area contributed by atoms with Crippen LogP contribution in [0.3, 0.4) is 0 Å². The first-order chi connectivity index (χ1) is 10.6. The lowest BCUT2D eigenvalue weighted by Gasteiger charge is -1.98. The van der Waals surface area contributed by atoms with E-state index in [1.165, 1.54) is 16.9 Å². The normalized spacial score (nSPS) is 10.6. The van der Waals surface area contributed by atoms with Crippen LogP contribution in [0.15, 0.2) is 40.8 Å². The molecule has 0 saturated carbocycles. The predicted molar refractivity (Wildman–Crippen MR) is 85.6 cm³/mol. The molecule has 0 aliphatic carbocycles. The second-order valence-corrected chi connectivity index (χ2v) is 6.44. The van der Waals surface area contributed by atoms with Gasteiger partial charge in [-0.15, -0.1) is 16.4 Å². The van der Waals surface area contributed by atoms with Crippen LogP contribution < -0.4 is 5.32 Å². The smallest absolute Gasteiger partial charge is 0.322 e. The average Bonchev–Trinajstić information content (AvgIpc) is 3.11. The summed E-state index contributed by atoms with van der Waals surface area (Å²) in [6, 6.07) is 11.4. The predicted octanol–water partition coefficient (Wildman–Crippen LogP) is 3.94. The van der Waals surface area contributed by atoms with E-state index in [2.05, 4.69) is 15.5 Å². The topological polar surface area (TPSA) is 68.0 Å². The summed E-state index contributed by atoms with van der Waals surface area (Å²) in [5.41, 5.74) is 2.26. The van der Waals surface area contributed by atoms with E-state index in [-0.39, 0.29) is 11.9 Å². The summed E-state index contributed by atoms with van der Waals surface area (Å²) >= 11 is 6.99. The highest BCUT2D eigenvalue weighted by Crippen LogP contribution is 2.22. The fourth-order valence-corrected chi connectivity index (χ4v) is 2.79. The molecule has 0 aliphatic rings. The quantitative estimate of drug-likeness (QED) is 0.785. The van der Waals surface area contributed by atoms with Crippen molar-refractivity contribution >= 4 is 34.9 Å². The molecule has 1 aromatic carbocycles. The Balaban J connectivity index is 1.66. The Labute approximate surface area is 135 Å². The number of hydrogen-bond acceptors (Lipinski definition) is 5. The van der Waals surface area contributed by atoms with E-state index in [1.807, 2.05) is 31.2 Å². The Hall–Kier alpha value is -2.18. The fourth-order valence-electron chi connectivity index (χ4n) is 1.85. The van der Waals surface area contributed by atoms with Gasteiger partial charge < -0.3 is 4.42 Å². The molecule has 3 aromatic rings. The van der Waals surface area contributed by atoms with Gasteiger partial charge in [-0.25, -0.2) is 0 Å². The van der Waals surface area contributed by atoms with Gasteiger partial charge in [0.2, 0.25) is 5.89 Å². The zero-order chi connectivity index (χ0) is 15.5. The highest BCUT2D eigenvalue weighted by molar-refractivity contribution is 7.18. The number of anilines is 1. The van der Waals surface area contributed by atoms with Gasteiger partial charge in [0.15, 0.2) is 0 Å². The van der Waals surface area contributed by atoms with Crippen molar-refractivity contribution in [1.29, 1.82) is 0 Å². The van der Waals surface area contributed by atoms with Crippen LogP contribution in [0.2, 0.25) is 4.34 Å². The number of amides is 1. The number of halogens is 1. The molecule has 1 amide bonds. The van der Waals surface area contributed by atoms with Crippen molar-refractivity contribution in [2.45, 2.75) is 13.3 Å². The van der Waals surface area contributed by atoms with Crippen LogP contribution in [-0.4, -0.2) is 16.1 Å². The van der Waals surface area contributed by atoms with Crippen LogP contribution in [0.5, 0.6) is 0 Å². The Morgan fingerprint density at radius 1 is 1.23 bits per heavy atom. The summed E-state index contributed by atoms with van der Waals surface area (Å²) < 4.78 is 5.99. The third-order valence-corrected chi connectivity index (χ3v) is 4.19. The van der Waals surface area contributed by atoms with Gasteiger partial charge in [-0.1, -0.05) is 46.5 Å². The minimum Gasteiger partial charge on any atom is -0.407 e. The molecule has 2 aromatic heterocycles. The van der Waals surface area contributed by atoms with Gasteiger partial charge in [0.05, 0.1) is 15.6 Å². The summed E-state index contributed by atoms with van der Waals surface area (Å²) in [5.74, 6) is 0.130.